The Morgan fingerprint density at radius 2 is 1.27 bits per heavy atom. The average molecular weight is 212 g/mol. The van der Waals surface area contributed by atoms with Crippen molar-refractivity contribution >= 4 is 0 Å². The minimum absolute atomic E-state index is 0.339. The lowest BCUT2D eigenvalue weighted by atomic mass is 10.1. The fourth-order valence-corrected chi connectivity index (χ4v) is 1.65. The number of hydrogen-bond donors (Lipinski definition) is 1. The summed E-state index contributed by atoms with van der Waals surface area (Å²) in [6, 6.07) is 0. The first-order valence-electron chi connectivity index (χ1n) is 6.67. The van der Waals surface area contributed by atoms with Gasteiger partial charge in [-0.2, -0.15) is 0 Å². The van der Waals surface area contributed by atoms with Crippen molar-refractivity contribution in [3.63, 3.8) is 0 Å². The molecule has 0 aromatic heterocycles. The summed E-state index contributed by atoms with van der Waals surface area (Å²) in [5.74, 6) is 0. The zero-order valence-corrected chi connectivity index (χ0v) is 10.4. The first-order valence-corrected chi connectivity index (χ1v) is 6.67. The normalized spacial score (nSPS) is 11.3. The van der Waals surface area contributed by atoms with Crippen molar-refractivity contribution in [2.24, 2.45) is 0 Å². The Kier molecular flexibility index (Phi) is 13.4. The molecule has 15 heavy (non-hydrogen) atoms. The van der Waals surface area contributed by atoms with Crippen molar-refractivity contribution in [1.29, 1.82) is 0 Å². The molecule has 0 aromatic carbocycles. The van der Waals surface area contributed by atoms with E-state index in [1.165, 1.54) is 44.9 Å². The van der Waals surface area contributed by atoms with E-state index in [0.29, 0.717) is 6.61 Å². The van der Waals surface area contributed by atoms with Crippen LogP contribution >= 0.6 is 0 Å². The van der Waals surface area contributed by atoms with Crippen LogP contribution in [0.5, 0.6) is 0 Å². The van der Waals surface area contributed by atoms with Gasteiger partial charge in [0.05, 0.1) is 0 Å². The molecular formula is C14H28O. The molecule has 0 aromatic rings. The van der Waals surface area contributed by atoms with E-state index < -0.39 is 0 Å². The summed E-state index contributed by atoms with van der Waals surface area (Å²) >= 11 is 0. The van der Waals surface area contributed by atoms with Crippen LogP contribution in [0, 0.1) is 0 Å². The zero-order chi connectivity index (χ0) is 11.2. The summed E-state index contributed by atoms with van der Waals surface area (Å²) in [5.41, 5.74) is 0. The summed E-state index contributed by atoms with van der Waals surface area (Å²) in [4.78, 5) is 0. The van der Waals surface area contributed by atoms with Crippen LogP contribution in [0.25, 0.3) is 0 Å². The molecule has 1 heteroatoms. The van der Waals surface area contributed by atoms with E-state index in [2.05, 4.69) is 19.1 Å². The fourth-order valence-electron chi connectivity index (χ4n) is 1.65. The second-order valence-corrected chi connectivity index (χ2v) is 4.25. The summed E-state index contributed by atoms with van der Waals surface area (Å²) in [5, 5.41) is 8.59. The van der Waals surface area contributed by atoms with Gasteiger partial charge >= 0.3 is 0 Å². The second-order valence-electron chi connectivity index (χ2n) is 4.25. The maximum Gasteiger partial charge on any atom is 0.0431 e. The van der Waals surface area contributed by atoms with Crippen LogP contribution in [-0.2, 0) is 0 Å². The van der Waals surface area contributed by atoms with Crippen molar-refractivity contribution in [3.8, 4) is 0 Å². The van der Waals surface area contributed by atoms with Gasteiger partial charge in [-0.1, -0.05) is 51.2 Å². The van der Waals surface area contributed by atoms with Crippen LogP contribution in [0.4, 0.5) is 0 Å². The van der Waals surface area contributed by atoms with Crippen molar-refractivity contribution in [3.05, 3.63) is 12.2 Å². The quantitative estimate of drug-likeness (QED) is 0.396. The number of allylic oxidation sites excluding steroid dienone is 2. The van der Waals surface area contributed by atoms with Gasteiger partial charge in [0.25, 0.3) is 0 Å². The highest BCUT2D eigenvalue weighted by Crippen LogP contribution is 2.07. The molecule has 0 fully saturated rings. The van der Waals surface area contributed by atoms with E-state index in [9.17, 15) is 0 Å². The third-order valence-corrected chi connectivity index (χ3v) is 2.67. The molecule has 0 saturated carbocycles. The van der Waals surface area contributed by atoms with E-state index >= 15 is 0 Å². The number of hydrogen-bond acceptors (Lipinski definition) is 1. The molecule has 0 heterocycles. The minimum atomic E-state index is 0.339. The maximum atomic E-state index is 8.59. The monoisotopic (exact) mass is 212 g/mol. The highest BCUT2D eigenvalue weighted by molar-refractivity contribution is 4.81. The Bertz CT molecular complexity index is 129. The van der Waals surface area contributed by atoms with Crippen molar-refractivity contribution in [1.82, 2.24) is 0 Å². The summed E-state index contributed by atoms with van der Waals surface area (Å²) in [6.07, 6.45) is 17.3. The SMILES string of the molecule is CCCCCCCCC=CCCCCO. The van der Waals surface area contributed by atoms with Gasteiger partial charge < -0.3 is 5.11 Å². The lowest BCUT2D eigenvalue weighted by Gasteiger charge is -1.97. The third-order valence-electron chi connectivity index (χ3n) is 2.67. The minimum Gasteiger partial charge on any atom is -0.396 e. The van der Waals surface area contributed by atoms with E-state index in [-0.39, 0.29) is 0 Å². The van der Waals surface area contributed by atoms with Crippen molar-refractivity contribution in [2.75, 3.05) is 6.61 Å². The first-order chi connectivity index (χ1) is 7.41. The average Bonchev–Trinajstić information content (AvgIpc) is 2.26. The van der Waals surface area contributed by atoms with Gasteiger partial charge in [0, 0.05) is 6.61 Å². The standard InChI is InChI=1S/C14H28O/c1-2-3-4-5-6-7-8-9-10-11-12-13-14-15/h9-10,15H,2-8,11-14H2,1H3. The summed E-state index contributed by atoms with van der Waals surface area (Å²) in [6.45, 7) is 2.60. The first kappa shape index (κ1) is 14.7. The van der Waals surface area contributed by atoms with Gasteiger partial charge in [-0.3, -0.25) is 0 Å². The number of rotatable bonds is 11. The van der Waals surface area contributed by atoms with Crippen molar-refractivity contribution in [2.45, 2.75) is 71.1 Å². The lowest BCUT2D eigenvalue weighted by Crippen LogP contribution is -1.80. The van der Waals surface area contributed by atoms with Crippen molar-refractivity contribution < 1.29 is 5.11 Å². The molecule has 90 valence electrons. The predicted molar refractivity (Wildman–Crippen MR) is 68.1 cm³/mol. The largest absolute Gasteiger partial charge is 0.396 e. The predicted octanol–water partition coefficient (Wildman–Crippen LogP) is 4.46. The van der Waals surface area contributed by atoms with Gasteiger partial charge in [0.15, 0.2) is 0 Å². The Labute approximate surface area is 95.6 Å². The molecule has 0 aliphatic heterocycles. The molecule has 0 unspecified atom stereocenters. The summed E-state index contributed by atoms with van der Waals surface area (Å²) < 4.78 is 0. The van der Waals surface area contributed by atoms with Crippen LogP contribution in [0.1, 0.15) is 71.1 Å². The second kappa shape index (κ2) is 13.7. The molecule has 0 bridgehead atoms. The van der Waals surface area contributed by atoms with Gasteiger partial charge in [-0.25, -0.2) is 0 Å². The number of aliphatic hydroxyl groups is 1. The molecule has 0 rings (SSSR count). The van der Waals surface area contributed by atoms with E-state index in [1.807, 2.05) is 0 Å². The topological polar surface area (TPSA) is 20.2 Å². The molecule has 0 amide bonds. The Balaban J connectivity index is 2.96. The molecular weight excluding hydrogens is 184 g/mol. The highest BCUT2D eigenvalue weighted by Gasteiger charge is 1.88. The Hall–Kier alpha value is -0.300. The molecule has 0 atom stereocenters. The van der Waals surface area contributed by atoms with Gasteiger partial charge in [-0.05, 0) is 32.1 Å². The van der Waals surface area contributed by atoms with Crippen LogP contribution in [0.2, 0.25) is 0 Å². The lowest BCUT2D eigenvalue weighted by molar-refractivity contribution is 0.285. The summed E-state index contributed by atoms with van der Waals surface area (Å²) in [7, 11) is 0. The molecule has 0 saturated heterocycles. The molecule has 0 radical (unpaired) electrons. The molecule has 0 aliphatic carbocycles. The molecule has 1 N–H and O–H groups in total. The maximum absolute atomic E-state index is 8.59. The number of aliphatic hydroxyl groups excluding tert-OH is 1. The van der Waals surface area contributed by atoms with Gasteiger partial charge in [0.1, 0.15) is 0 Å². The molecule has 0 aliphatic rings. The van der Waals surface area contributed by atoms with Crippen LogP contribution in [0.3, 0.4) is 0 Å². The van der Waals surface area contributed by atoms with E-state index in [1.54, 1.807) is 0 Å². The molecule has 0 spiro atoms. The van der Waals surface area contributed by atoms with Crippen LogP contribution in [0.15, 0.2) is 12.2 Å². The fraction of sp³-hybridized carbons (Fsp3) is 0.857. The zero-order valence-electron chi connectivity index (χ0n) is 10.4. The van der Waals surface area contributed by atoms with Crippen LogP contribution < -0.4 is 0 Å². The highest BCUT2D eigenvalue weighted by atomic mass is 16.2. The van der Waals surface area contributed by atoms with E-state index in [0.717, 1.165) is 19.3 Å². The third kappa shape index (κ3) is 13.7. The Morgan fingerprint density at radius 1 is 0.733 bits per heavy atom. The Morgan fingerprint density at radius 3 is 1.87 bits per heavy atom. The van der Waals surface area contributed by atoms with E-state index in [4.69, 9.17) is 5.11 Å². The van der Waals surface area contributed by atoms with Gasteiger partial charge in [0.2, 0.25) is 0 Å². The molecule has 1 nitrogen and oxygen atoms in total. The smallest absolute Gasteiger partial charge is 0.0431 e. The van der Waals surface area contributed by atoms with Gasteiger partial charge in [-0.15, -0.1) is 0 Å². The number of unbranched alkanes of at least 4 members (excludes halogenated alkanes) is 8. The van der Waals surface area contributed by atoms with Crippen LogP contribution in [-0.4, -0.2) is 11.7 Å².